The third kappa shape index (κ3) is 9.99. The molecule has 0 radical (unpaired) electrons. The lowest BCUT2D eigenvalue weighted by molar-refractivity contribution is 0.263. The second-order valence-corrected chi connectivity index (χ2v) is 20.9. The normalized spacial score (nSPS) is 15.7. The van der Waals surface area contributed by atoms with Gasteiger partial charge in [-0.2, -0.15) is 21.6 Å². The standard InChI is InChI=1S/C19H20ClN5O3S2.C18H17ClN4OS.CH4ClNO2S/c1-10-11(2)29-19-16(10)17(13-5-7-14(20)8-6-13)22-15(9-28-30(26,27)21-4)18-24-23-12(3)25(18)19;1-9-10(2)25-18-15(9)16(12-4-6-13(19)7-5-12)20-14(8-24)17-22-21-11(3)23(17)18;1-3-6(2,4)5/h5-8,15,21H,9H2,1-4H3;4-7,14,24H,8H2,1-3H3;3H,1H3/t15-;14-;/m00./s1. The number of aryl methyl sites for hydroxylation is 4. The molecule has 324 valence electrons. The van der Waals surface area contributed by atoms with Crippen LogP contribution in [0.1, 0.15) is 78.5 Å². The maximum absolute atomic E-state index is 11.9. The van der Waals surface area contributed by atoms with Crippen molar-refractivity contribution in [3.05, 3.63) is 125 Å². The minimum atomic E-state index is -3.87. The SMILES string of the molecule is CNS(=O)(=O)Cl.CNS(=O)(=O)OC[C@@H]1N=C(c2ccc(Cl)cc2)c2c(sc(C)c2C)-n2c(C)nnc21.Cc1sc2c(c1C)C(c1ccc(Cl)cc1)=N[C@@H](CO)c1nnc(C)n1-2. The van der Waals surface area contributed by atoms with E-state index in [0.717, 1.165) is 59.9 Å². The summed E-state index contributed by atoms with van der Waals surface area (Å²) in [5.41, 5.74) is 7.79. The Morgan fingerprint density at radius 3 is 1.44 bits per heavy atom. The van der Waals surface area contributed by atoms with Crippen molar-refractivity contribution in [3.63, 3.8) is 0 Å². The number of benzene rings is 2. The molecular weight excluding hydrogens is 927 g/mol. The zero-order chi connectivity index (χ0) is 44.6. The first-order chi connectivity index (χ1) is 28.8. The smallest absolute Gasteiger partial charge is 0.335 e. The molecule has 0 aliphatic carbocycles. The van der Waals surface area contributed by atoms with E-state index in [2.05, 4.69) is 63.5 Å². The largest absolute Gasteiger partial charge is 0.394 e. The summed E-state index contributed by atoms with van der Waals surface area (Å²) in [6.07, 6.45) is 0. The van der Waals surface area contributed by atoms with Gasteiger partial charge in [0.05, 0.1) is 24.6 Å². The van der Waals surface area contributed by atoms with Crippen LogP contribution in [0.2, 0.25) is 10.0 Å². The monoisotopic (exact) mass is 966 g/mol. The van der Waals surface area contributed by atoms with E-state index in [1.54, 1.807) is 34.8 Å². The van der Waals surface area contributed by atoms with Gasteiger partial charge in [0, 0.05) is 66.8 Å². The van der Waals surface area contributed by atoms with Crippen molar-refractivity contribution in [1.29, 1.82) is 0 Å². The average Bonchev–Trinajstić information content (AvgIpc) is 3.91. The maximum atomic E-state index is 11.9. The molecule has 6 heterocycles. The molecule has 2 aliphatic heterocycles. The van der Waals surface area contributed by atoms with Gasteiger partial charge in [-0.3, -0.25) is 23.3 Å². The molecule has 8 rings (SSSR count). The van der Waals surface area contributed by atoms with E-state index < -0.39 is 31.6 Å². The van der Waals surface area contributed by atoms with Crippen LogP contribution in [0.25, 0.3) is 10.0 Å². The summed E-state index contributed by atoms with van der Waals surface area (Å²) in [5, 5.41) is 30.2. The number of aromatic nitrogens is 6. The van der Waals surface area contributed by atoms with E-state index in [1.807, 2.05) is 64.1 Å². The fourth-order valence-electron chi connectivity index (χ4n) is 6.44. The highest BCUT2D eigenvalue weighted by Crippen LogP contribution is 2.40. The van der Waals surface area contributed by atoms with Crippen LogP contribution in [0.15, 0.2) is 58.5 Å². The maximum Gasteiger partial charge on any atom is 0.335 e. The molecule has 61 heavy (non-hydrogen) atoms. The van der Waals surface area contributed by atoms with Crippen molar-refractivity contribution >= 4 is 87.5 Å². The van der Waals surface area contributed by atoms with Crippen LogP contribution < -0.4 is 9.44 Å². The number of rotatable bonds is 8. The summed E-state index contributed by atoms with van der Waals surface area (Å²) in [4.78, 5) is 12.2. The Morgan fingerprint density at radius 2 is 1.07 bits per heavy atom. The van der Waals surface area contributed by atoms with Gasteiger partial charge in [-0.15, -0.1) is 43.1 Å². The van der Waals surface area contributed by atoms with Crippen LogP contribution in [-0.2, 0) is 23.7 Å². The Labute approximate surface area is 376 Å². The van der Waals surface area contributed by atoms with E-state index in [1.165, 1.54) is 24.5 Å². The van der Waals surface area contributed by atoms with E-state index in [0.29, 0.717) is 27.5 Å². The van der Waals surface area contributed by atoms with E-state index >= 15 is 0 Å². The Bertz CT molecular complexity index is 2870. The number of hydrogen-bond acceptors (Lipinski definition) is 14. The van der Waals surface area contributed by atoms with Gasteiger partial charge in [-0.25, -0.2) is 4.72 Å². The van der Waals surface area contributed by atoms with Crippen molar-refractivity contribution in [3.8, 4) is 10.0 Å². The molecule has 0 bridgehead atoms. The van der Waals surface area contributed by atoms with Gasteiger partial charge in [-0.1, -0.05) is 47.5 Å². The van der Waals surface area contributed by atoms with Gasteiger partial charge in [0.15, 0.2) is 11.6 Å². The van der Waals surface area contributed by atoms with Gasteiger partial charge >= 0.3 is 10.3 Å². The van der Waals surface area contributed by atoms with Crippen LogP contribution in [0.3, 0.4) is 0 Å². The third-order valence-corrected chi connectivity index (χ3v) is 14.5. The minimum absolute atomic E-state index is 0.123. The first-order valence-corrected chi connectivity index (χ1v) is 24.4. The molecule has 6 aromatic rings. The summed E-state index contributed by atoms with van der Waals surface area (Å²) in [7, 11) is -0.205. The number of thiophene rings is 2. The van der Waals surface area contributed by atoms with Gasteiger partial charge in [-0.05, 0) is 76.9 Å². The molecule has 0 saturated carbocycles. The molecule has 0 spiro atoms. The number of aliphatic hydroxyl groups is 1. The first kappa shape index (κ1) is 46.6. The zero-order valence-electron chi connectivity index (χ0n) is 34.0. The Hall–Kier alpha value is -3.93. The van der Waals surface area contributed by atoms with Crippen LogP contribution in [0.4, 0.5) is 0 Å². The molecule has 0 amide bonds. The molecule has 16 nitrogen and oxygen atoms in total. The summed E-state index contributed by atoms with van der Waals surface area (Å²) in [6.45, 7) is 11.8. The number of nitrogens with zero attached hydrogens (tertiary/aromatic N) is 8. The predicted octanol–water partition coefficient (Wildman–Crippen LogP) is 6.76. The molecule has 0 saturated heterocycles. The topological polar surface area (TPSA) is 208 Å². The number of aliphatic hydroxyl groups excluding tert-OH is 1. The fourth-order valence-corrected chi connectivity index (χ4v) is 9.54. The molecule has 2 atom stereocenters. The van der Waals surface area contributed by atoms with Gasteiger partial charge in [0.1, 0.15) is 33.7 Å². The highest BCUT2D eigenvalue weighted by molar-refractivity contribution is 8.12. The highest BCUT2D eigenvalue weighted by Gasteiger charge is 2.33. The number of aliphatic imine (C=N–C) groups is 2. The molecule has 2 aromatic carbocycles. The van der Waals surface area contributed by atoms with Crippen molar-refractivity contribution in [1.82, 2.24) is 39.0 Å². The highest BCUT2D eigenvalue weighted by atomic mass is 35.7. The molecule has 0 fully saturated rings. The molecule has 0 unspecified atom stereocenters. The molecule has 2 aliphatic rings. The minimum Gasteiger partial charge on any atom is -0.394 e. The van der Waals surface area contributed by atoms with Crippen LogP contribution in [0.5, 0.6) is 0 Å². The van der Waals surface area contributed by atoms with Crippen LogP contribution in [0, 0.1) is 41.5 Å². The molecule has 3 N–H and O–H groups in total. The molecule has 4 aromatic heterocycles. The average molecular weight is 968 g/mol. The van der Waals surface area contributed by atoms with Crippen molar-refractivity contribution in [2.24, 2.45) is 9.98 Å². The summed E-state index contributed by atoms with van der Waals surface area (Å²) >= 11 is 15.5. The third-order valence-electron chi connectivity index (χ3n) is 9.76. The van der Waals surface area contributed by atoms with Crippen LogP contribution >= 0.6 is 56.6 Å². The van der Waals surface area contributed by atoms with Gasteiger partial charge < -0.3 is 5.11 Å². The lowest BCUT2D eigenvalue weighted by Gasteiger charge is -2.13. The zero-order valence-corrected chi connectivity index (χ0v) is 39.6. The van der Waals surface area contributed by atoms with Crippen molar-refractivity contribution in [2.75, 3.05) is 27.3 Å². The summed E-state index contributed by atoms with van der Waals surface area (Å²) < 4.78 is 56.1. The van der Waals surface area contributed by atoms with Gasteiger partial charge in [0.25, 0.3) is 9.24 Å². The Balaban J connectivity index is 0.000000182. The van der Waals surface area contributed by atoms with E-state index in [4.69, 9.17) is 37.4 Å². The fraction of sp³-hybridized carbons (Fsp3) is 0.316. The van der Waals surface area contributed by atoms with E-state index in [-0.39, 0.29) is 13.2 Å². The lowest BCUT2D eigenvalue weighted by Crippen LogP contribution is -2.24. The Kier molecular flexibility index (Phi) is 14.4. The summed E-state index contributed by atoms with van der Waals surface area (Å²) in [5.74, 6) is 2.70. The second kappa shape index (κ2) is 18.8. The predicted molar refractivity (Wildman–Crippen MR) is 241 cm³/mol. The van der Waals surface area contributed by atoms with E-state index in [9.17, 15) is 21.9 Å². The number of halogens is 3. The van der Waals surface area contributed by atoms with Crippen LogP contribution in [-0.4, -0.2) is 90.2 Å². The number of hydrogen-bond donors (Lipinski definition) is 3. The number of nitrogens with one attached hydrogen (secondary N) is 2. The van der Waals surface area contributed by atoms with Crippen molar-refractivity contribution in [2.45, 2.75) is 53.6 Å². The van der Waals surface area contributed by atoms with Gasteiger partial charge in [0.2, 0.25) is 0 Å². The lowest BCUT2D eigenvalue weighted by atomic mass is 10.00. The van der Waals surface area contributed by atoms with Crippen molar-refractivity contribution < 1.29 is 26.1 Å². The quantitative estimate of drug-likeness (QED) is 0.137. The molecule has 23 heteroatoms. The summed E-state index contributed by atoms with van der Waals surface area (Å²) in [6, 6.07) is 13.9. The number of fused-ring (bicyclic) bond motifs is 6. The molecular formula is C38H41Cl3N10O6S4. The second-order valence-electron chi connectivity index (χ2n) is 13.6. The first-order valence-electron chi connectivity index (χ1n) is 18.3. The Morgan fingerprint density at radius 1 is 0.672 bits per heavy atom.